The molecule has 1 rings (SSSR count). The number of aliphatic hydroxyl groups is 1. The van der Waals surface area contributed by atoms with Gasteiger partial charge in [0, 0.05) is 13.0 Å². The first-order chi connectivity index (χ1) is 9.45. The minimum atomic E-state index is -0.460. The maximum absolute atomic E-state index is 11.9. The summed E-state index contributed by atoms with van der Waals surface area (Å²) >= 11 is 0. The third-order valence-electron chi connectivity index (χ3n) is 4.02. The Balaban J connectivity index is 2.45. The summed E-state index contributed by atoms with van der Waals surface area (Å²) in [6, 6.07) is 8.15. The van der Waals surface area contributed by atoms with Crippen molar-refractivity contribution in [2.75, 3.05) is 6.54 Å². The molecule has 0 fully saturated rings. The van der Waals surface area contributed by atoms with Gasteiger partial charge in [-0.15, -0.1) is 0 Å². The van der Waals surface area contributed by atoms with Crippen LogP contribution in [0.5, 0.6) is 0 Å². The van der Waals surface area contributed by atoms with Crippen molar-refractivity contribution in [3.8, 4) is 0 Å². The van der Waals surface area contributed by atoms with E-state index in [0.717, 1.165) is 6.42 Å². The summed E-state index contributed by atoms with van der Waals surface area (Å²) < 4.78 is 0. The molecule has 0 heterocycles. The van der Waals surface area contributed by atoms with Crippen molar-refractivity contribution < 1.29 is 9.90 Å². The Kier molecular flexibility index (Phi) is 6.73. The van der Waals surface area contributed by atoms with Crippen LogP contribution in [0.4, 0.5) is 0 Å². The van der Waals surface area contributed by atoms with E-state index in [-0.39, 0.29) is 17.7 Å². The zero-order valence-electron chi connectivity index (χ0n) is 13.0. The first kappa shape index (κ1) is 16.7. The fourth-order valence-corrected chi connectivity index (χ4v) is 2.29. The van der Waals surface area contributed by atoms with E-state index < -0.39 is 6.10 Å². The van der Waals surface area contributed by atoms with Gasteiger partial charge in [-0.2, -0.15) is 0 Å². The third kappa shape index (κ3) is 4.97. The first-order valence-electron chi connectivity index (χ1n) is 7.46. The van der Waals surface area contributed by atoms with Crippen molar-refractivity contribution >= 4 is 5.91 Å². The normalized spacial score (nSPS) is 15.4. The third-order valence-corrected chi connectivity index (χ3v) is 4.02. The smallest absolute Gasteiger partial charge is 0.220 e. The number of nitrogens with one attached hydrogen (secondary N) is 1. The van der Waals surface area contributed by atoms with Gasteiger partial charge in [-0.1, -0.05) is 51.5 Å². The van der Waals surface area contributed by atoms with E-state index in [0.29, 0.717) is 13.0 Å². The summed E-state index contributed by atoms with van der Waals surface area (Å²) in [5, 5.41) is 12.7. The summed E-state index contributed by atoms with van der Waals surface area (Å²) in [6.45, 7) is 8.50. The molecular formula is C17H27NO2. The van der Waals surface area contributed by atoms with Gasteiger partial charge in [0.1, 0.15) is 0 Å². The minimum Gasteiger partial charge on any atom is -0.391 e. The molecule has 0 aliphatic carbocycles. The molecule has 0 saturated heterocycles. The lowest BCUT2D eigenvalue weighted by Gasteiger charge is -2.19. The molecule has 20 heavy (non-hydrogen) atoms. The van der Waals surface area contributed by atoms with Gasteiger partial charge in [-0.25, -0.2) is 0 Å². The topological polar surface area (TPSA) is 49.3 Å². The van der Waals surface area contributed by atoms with Crippen LogP contribution in [-0.2, 0) is 4.79 Å². The van der Waals surface area contributed by atoms with E-state index >= 15 is 0 Å². The molecule has 1 aromatic rings. The van der Waals surface area contributed by atoms with Crippen molar-refractivity contribution in [2.45, 2.75) is 52.6 Å². The van der Waals surface area contributed by atoms with Gasteiger partial charge in [0.25, 0.3) is 0 Å². The minimum absolute atomic E-state index is 0.00288. The maximum Gasteiger partial charge on any atom is 0.220 e. The van der Waals surface area contributed by atoms with Gasteiger partial charge in [-0.05, 0) is 29.9 Å². The Morgan fingerprint density at radius 3 is 2.55 bits per heavy atom. The SMILES string of the molecule is CCC(C)C(O)CNC(=O)CC(C)c1ccccc1C. The highest BCUT2D eigenvalue weighted by Gasteiger charge is 2.16. The predicted octanol–water partition coefficient (Wildman–Crippen LogP) is 3.01. The summed E-state index contributed by atoms with van der Waals surface area (Å²) in [6.07, 6.45) is 0.909. The van der Waals surface area contributed by atoms with E-state index in [4.69, 9.17) is 0 Å². The van der Waals surface area contributed by atoms with Gasteiger partial charge in [0.05, 0.1) is 6.10 Å². The van der Waals surface area contributed by atoms with Crippen LogP contribution in [0.15, 0.2) is 24.3 Å². The monoisotopic (exact) mass is 277 g/mol. The van der Waals surface area contributed by atoms with E-state index in [9.17, 15) is 9.90 Å². The summed E-state index contributed by atoms with van der Waals surface area (Å²) in [5.41, 5.74) is 2.43. The predicted molar refractivity (Wildman–Crippen MR) is 82.7 cm³/mol. The molecule has 0 bridgehead atoms. The second kappa shape index (κ2) is 8.05. The van der Waals surface area contributed by atoms with Crippen LogP contribution in [0.25, 0.3) is 0 Å². The number of hydrogen-bond donors (Lipinski definition) is 2. The molecule has 112 valence electrons. The molecule has 1 amide bonds. The molecule has 3 heteroatoms. The van der Waals surface area contributed by atoms with Crippen molar-refractivity contribution in [3.63, 3.8) is 0 Å². The highest BCUT2D eigenvalue weighted by Crippen LogP contribution is 2.22. The Morgan fingerprint density at radius 2 is 1.95 bits per heavy atom. The molecule has 3 nitrogen and oxygen atoms in total. The highest BCUT2D eigenvalue weighted by atomic mass is 16.3. The number of benzene rings is 1. The number of hydrogen-bond acceptors (Lipinski definition) is 2. The molecule has 0 saturated carbocycles. The van der Waals surface area contributed by atoms with Gasteiger partial charge in [0.15, 0.2) is 0 Å². The van der Waals surface area contributed by atoms with Crippen molar-refractivity contribution in [2.24, 2.45) is 5.92 Å². The van der Waals surface area contributed by atoms with Crippen LogP contribution in [0, 0.1) is 12.8 Å². The molecule has 3 unspecified atom stereocenters. The summed E-state index contributed by atoms with van der Waals surface area (Å²) in [4.78, 5) is 11.9. The van der Waals surface area contributed by atoms with Crippen LogP contribution < -0.4 is 5.32 Å². The van der Waals surface area contributed by atoms with Gasteiger partial charge < -0.3 is 10.4 Å². The van der Waals surface area contributed by atoms with Gasteiger partial charge in [-0.3, -0.25) is 4.79 Å². The fraction of sp³-hybridized carbons (Fsp3) is 0.588. The number of amides is 1. The standard InChI is InChI=1S/C17H27NO2/c1-5-12(2)16(19)11-18-17(20)10-14(4)15-9-7-6-8-13(15)3/h6-9,12,14,16,19H,5,10-11H2,1-4H3,(H,18,20). The first-order valence-corrected chi connectivity index (χ1v) is 7.46. The Labute approximate surface area is 122 Å². The quantitative estimate of drug-likeness (QED) is 0.805. The van der Waals surface area contributed by atoms with Gasteiger partial charge >= 0.3 is 0 Å². The molecule has 0 spiro atoms. The Bertz CT molecular complexity index is 431. The molecule has 2 N–H and O–H groups in total. The van der Waals surface area contributed by atoms with Crippen molar-refractivity contribution in [1.82, 2.24) is 5.32 Å². The maximum atomic E-state index is 11.9. The van der Waals surface area contributed by atoms with Crippen LogP contribution in [-0.4, -0.2) is 23.7 Å². The largest absolute Gasteiger partial charge is 0.391 e. The van der Waals surface area contributed by atoms with Crippen molar-refractivity contribution in [1.29, 1.82) is 0 Å². The molecule has 0 aliphatic heterocycles. The molecule has 3 atom stereocenters. The average molecular weight is 277 g/mol. The van der Waals surface area contributed by atoms with E-state index in [2.05, 4.69) is 31.3 Å². The van der Waals surface area contributed by atoms with Crippen molar-refractivity contribution in [3.05, 3.63) is 35.4 Å². The van der Waals surface area contributed by atoms with Gasteiger partial charge in [0.2, 0.25) is 5.91 Å². The molecular weight excluding hydrogens is 250 g/mol. The van der Waals surface area contributed by atoms with Crippen LogP contribution >= 0.6 is 0 Å². The highest BCUT2D eigenvalue weighted by molar-refractivity contribution is 5.76. The zero-order chi connectivity index (χ0) is 15.1. The number of rotatable bonds is 7. The Hall–Kier alpha value is -1.35. The van der Waals surface area contributed by atoms with E-state index in [1.807, 2.05) is 26.0 Å². The number of aliphatic hydroxyl groups excluding tert-OH is 1. The van der Waals surface area contributed by atoms with Crippen LogP contribution in [0.1, 0.15) is 50.7 Å². The Morgan fingerprint density at radius 1 is 1.30 bits per heavy atom. The molecule has 1 aromatic carbocycles. The molecule has 0 radical (unpaired) electrons. The fourth-order valence-electron chi connectivity index (χ4n) is 2.29. The van der Waals surface area contributed by atoms with E-state index in [1.165, 1.54) is 11.1 Å². The lowest BCUT2D eigenvalue weighted by molar-refractivity contribution is -0.122. The number of carbonyl (C=O) groups is 1. The second-order valence-corrected chi connectivity index (χ2v) is 5.72. The number of carbonyl (C=O) groups excluding carboxylic acids is 1. The lowest BCUT2D eigenvalue weighted by Crippen LogP contribution is -2.35. The summed E-state index contributed by atoms with van der Waals surface area (Å²) in [5.74, 6) is 0.407. The molecule has 0 aromatic heterocycles. The van der Waals surface area contributed by atoms with Crippen LogP contribution in [0.2, 0.25) is 0 Å². The zero-order valence-corrected chi connectivity index (χ0v) is 13.0. The van der Waals surface area contributed by atoms with Crippen LogP contribution in [0.3, 0.4) is 0 Å². The lowest BCUT2D eigenvalue weighted by atomic mass is 9.93. The second-order valence-electron chi connectivity index (χ2n) is 5.72. The number of aryl methyl sites for hydroxylation is 1. The average Bonchev–Trinajstić information content (AvgIpc) is 2.44. The van der Waals surface area contributed by atoms with E-state index in [1.54, 1.807) is 0 Å². The molecule has 0 aliphatic rings. The summed E-state index contributed by atoms with van der Waals surface area (Å²) in [7, 11) is 0.